The lowest BCUT2D eigenvalue weighted by molar-refractivity contribution is 0.602. The Bertz CT molecular complexity index is 1240. The summed E-state index contributed by atoms with van der Waals surface area (Å²) in [4.78, 5) is 14.0. The molecule has 0 atom stereocenters. The lowest BCUT2D eigenvalue weighted by Gasteiger charge is -2.07. The molecule has 0 amide bonds. The maximum Gasteiger partial charge on any atom is 0.175 e. The van der Waals surface area contributed by atoms with Crippen LogP contribution in [0.4, 0.5) is 15.9 Å². The third kappa shape index (κ3) is 3.51. The number of rotatable bonds is 4. The van der Waals surface area contributed by atoms with Crippen molar-refractivity contribution in [2.24, 2.45) is 0 Å². The summed E-state index contributed by atoms with van der Waals surface area (Å²) in [6.45, 7) is 0. The second kappa shape index (κ2) is 6.67. The van der Waals surface area contributed by atoms with Crippen LogP contribution in [-0.4, -0.2) is 29.6 Å². The second-order valence-electron chi connectivity index (χ2n) is 5.83. The van der Waals surface area contributed by atoms with Crippen molar-refractivity contribution in [3.05, 3.63) is 60.9 Å². The maximum absolute atomic E-state index is 14.0. The quantitative estimate of drug-likeness (QED) is 0.557. The Morgan fingerprint density at radius 1 is 1.11 bits per heavy atom. The summed E-state index contributed by atoms with van der Waals surface area (Å²) in [5.74, 6) is 0.159. The SMILES string of the molecule is CS(=O)(=O)c1ccc(Nc2ncnc3sc(-c4ccncc4F)cc23)cc1. The number of pyridine rings is 1. The van der Waals surface area contributed by atoms with E-state index in [0.29, 0.717) is 21.9 Å². The molecular formula is C18H13FN4O2S2. The van der Waals surface area contributed by atoms with Gasteiger partial charge in [0.05, 0.1) is 16.5 Å². The van der Waals surface area contributed by atoms with Crippen molar-refractivity contribution in [1.82, 2.24) is 15.0 Å². The summed E-state index contributed by atoms with van der Waals surface area (Å²) in [5, 5.41) is 3.91. The van der Waals surface area contributed by atoms with Crippen molar-refractivity contribution < 1.29 is 12.8 Å². The van der Waals surface area contributed by atoms with Gasteiger partial charge < -0.3 is 5.32 Å². The fourth-order valence-corrected chi connectivity index (χ4v) is 4.24. The van der Waals surface area contributed by atoms with Crippen molar-refractivity contribution in [2.45, 2.75) is 4.90 Å². The van der Waals surface area contributed by atoms with Gasteiger partial charge in [0.15, 0.2) is 9.84 Å². The van der Waals surface area contributed by atoms with Gasteiger partial charge in [-0.05, 0) is 36.4 Å². The van der Waals surface area contributed by atoms with Crippen molar-refractivity contribution in [1.29, 1.82) is 0 Å². The fraction of sp³-hybridized carbons (Fsp3) is 0.0556. The Labute approximate surface area is 158 Å². The minimum atomic E-state index is -3.25. The van der Waals surface area contributed by atoms with Gasteiger partial charge in [-0.15, -0.1) is 11.3 Å². The number of sulfone groups is 1. The highest BCUT2D eigenvalue weighted by Crippen LogP contribution is 2.36. The molecule has 9 heteroatoms. The molecule has 1 aromatic carbocycles. The molecular weight excluding hydrogens is 387 g/mol. The predicted octanol–water partition coefficient (Wildman–Crippen LogP) is 4.04. The molecule has 0 aliphatic rings. The number of benzene rings is 1. The second-order valence-corrected chi connectivity index (χ2v) is 8.88. The van der Waals surface area contributed by atoms with Gasteiger partial charge in [-0.25, -0.2) is 22.8 Å². The minimum Gasteiger partial charge on any atom is -0.340 e. The molecule has 0 saturated carbocycles. The molecule has 1 N–H and O–H groups in total. The van der Waals surface area contributed by atoms with Crippen molar-refractivity contribution in [3.8, 4) is 10.4 Å². The van der Waals surface area contributed by atoms with Crippen LogP contribution in [0.25, 0.3) is 20.7 Å². The number of thiophene rings is 1. The largest absolute Gasteiger partial charge is 0.340 e. The van der Waals surface area contributed by atoms with Crippen LogP contribution >= 0.6 is 11.3 Å². The molecule has 0 aliphatic heterocycles. The summed E-state index contributed by atoms with van der Waals surface area (Å²) in [6.07, 6.45) is 5.30. The van der Waals surface area contributed by atoms with Gasteiger partial charge in [0, 0.05) is 28.6 Å². The van der Waals surface area contributed by atoms with Crippen LogP contribution in [0.3, 0.4) is 0 Å². The topological polar surface area (TPSA) is 84.8 Å². The number of nitrogens with one attached hydrogen (secondary N) is 1. The van der Waals surface area contributed by atoms with E-state index in [4.69, 9.17) is 0 Å². The lowest BCUT2D eigenvalue weighted by Crippen LogP contribution is -1.98. The van der Waals surface area contributed by atoms with E-state index in [2.05, 4.69) is 20.3 Å². The normalized spacial score (nSPS) is 11.6. The Hall–Kier alpha value is -2.91. The molecule has 0 unspecified atom stereocenters. The molecule has 4 aromatic rings. The molecule has 0 spiro atoms. The summed E-state index contributed by atoms with van der Waals surface area (Å²) in [7, 11) is -3.25. The number of halogens is 1. The monoisotopic (exact) mass is 400 g/mol. The van der Waals surface area contributed by atoms with Crippen molar-refractivity contribution in [3.63, 3.8) is 0 Å². The standard InChI is InChI=1S/C18H13FN4O2S2/c1-27(24,25)12-4-2-11(3-5-12)23-17-14-8-16(26-18(14)22-10-21-17)13-6-7-20-9-15(13)19/h2-10H,1H3,(H,21,22,23). The number of fused-ring (bicyclic) bond motifs is 1. The van der Waals surface area contributed by atoms with Crippen LogP contribution < -0.4 is 5.32 Å². The zero-order valence-electron chi connectivity index (χ0n) is 14.0. The van der Waals surface area contributed by atoms with Gasteiger partial charge in [0.1, 0.15) is 22.8 Å². The van der Waals surface area contributed by atoms with Gasteiger partial charge >= 0.3 is 0 Å². The third-order valence-corrected chi connectivity index (χ3v) is 6.12. The van der Waals surface area contributed by atoms with E-state index in [1.54, 1.807) is 18.2 Å². The van der Waals surface area contributed by atoms with Crippen LogP contribution in [0.1, 0.15) is 0 Å². The Morgan fingerprint density at radius 2 is 1.89 bits per heavy atom. The molecule has 0 fully saturated rings. The lowest BCUT2D eigenvalue weighted by atomic mass is 10.2. The first-order valence-electron chi connectivity index (χ1n) is 7.83. The van der Waals surface area contributed by atoms with Gasteiger partial charge in [-0.1, -0.05) is 0 Å². The molecule has 0 radical (unpaired) electrons. The molecule has 4 rings (SSSR count). The molecule has 27 heavy (non-hydrogen) atoms. The van der Waals surface area contributed by atoms with E-state index in [-0.39, 0.29) is 4.90 Å². The number of hydrogen-bond acceptors (Lipinski definition) is 7. The smallest absolute Gasteiger partial charge is 0.175 e. The summed E-state index contributed by atoms with van der Waals surface area (Å²) in [5.41, 5.74) is 1.14. The molecule has 0 bridgehead atoms. The van der Waals surface area contributed by atoms with Gasteiger partial charge in [-0.3, -0.25) is 4.98 Å². The van der Waals surface area contributed by atoms with Gasteiger partial charge in [-0.2, -0.15) is 0 Å². The zero-order valence-corrected chi connectivity index (χ0v) is 15.7. The average molecular weight is 400 g/mol. The first-order chi connectivity index (χ1) is 12.9. The highest BCUT2D eigenvalue weighted by Gasteiger charge is 2.13. The predicted molar refractivity (Wildman–Crippen MR) is 103 cm³/mol. The highest BCUT2D eigenvalue weighted by molar-refractivity contribution is 7.90. The molecule has 0 saturated heterocycles. The van der Waals surface area contributed by atoms with Crippen LogP contribution in [0.2, 0.25) is 0 Å². The first kappa shape index (κ1) is 17.5. The maximum atomic E-state index is 14.0. The molecule has 0 aliphatic carbocycles. The van der Waals surface area contributed by atoms with Crippen LogP contribution in [0, 0.1) is 5.82 Å². The summed E-state index contributed by atoms with van der Waals surface area (Å²) >= 11 is 1.36. The average Bonchev–Trinajstić information content (AvgIpc) is 3.07. The first-order valence-corrected chi connectivity index (χ1v) is 10.5. The third-order valence-electron chi connectivity index (χ3n) is 3.91. The highest BCUT2D eigenvalue weighted by atomic mass is 32.2. The Balaban J connectivity index is 1.71. The van der Waals surface area contributed by atoms with Crippen molar-refractivity contribution >= 4 is 42.9 Å². The van der Waals surface area contributed by atoms with Gasteiger partial charge in [0.2, 0.25) is 0 Å². The Morgan fingerprint density at radius 3 is 2.59 bits per heavy atom. The van der Waals surface area contributed by atoms with E-state index in [1.165, 1.54) is 42.2 Å². The molecule has 3 heterocycles. The number of hydrogen-bond donors (Lipinski definition) is 1. The summed E-state index contributed by atoms with van der Waals surface area (Å²) < 4.78 is 37.2. The van der Waals surface area contributed by atoms with Gasteiger partial charge in [0.25, 0.3) is 0 Å². The van der Waals surface area contributed by atoms with Crippen LogP contribution in [0.15, 0.2) is 60.0 Å². The van der Waals surface area contributed by atoms with E-state index < -0.39 is 15.7 Å². The molecule has 6 nitrogen and oxygen atoms in total. The fourth-order valence-electron chi connectivity index (χ4n) is 2.59. The zero-order chi connectivity index (χ0) is 19.0. The number of anilines is 2. The van der Waals surface area contributed by atoms with Crippen molar-refractivity contribution in [2.75, 3.05) is 11.6 Å². The van der Waals surface area contributed by atoms with E-state index in [9.17, 15) is 12.8 Å². The van der Waals surface area contributed by atoms with Crippen LogP contribution in [0.5, 0.6) is 0 Å². The summed E-state index contributed by atoms with van der Waals surface area (Å²) in [6, 6.07) is 9.83. The number of nitrogens with zero attached hydrogens (tertiary/aromatic N) is 3. The molecule has 136 valence electrons. The Kier molecular flexibility index (Phi) is 4.33. The minimum absolute atomic E-state index is 0.242. The van der Waals surface area contributed by atoms with E-state index in [1.807, 2.05) is 6.07 Å². The molecule has 3 aromatic heterocycles. The van der Waals surface area contributed by atoms with Crippen LogP contribution in [-0.2, 0) is 9.84 Å². The number of aromatic nitrogens is 3. The van der Waals surface area contributed by atoms with E-state index >= 15 is 0 Å². The van der Waals surface area contributed by atoms with E-state index in [0.717, 1.165) is 16.5 Å².